The van der Waals surface area contributed by atoms with E-state index < -0.39 is 11.2 Å². The third kappa shape index (κ3) is 2.91. The maximum Gasteiger partial charge on any atom is 0.0938 e. The van der Waals surface area contributed by atoms with Crippen LogP contribution in [0.5, 0.6) is 0 Å². The molecule has 2 rings (SSSR count). The highest BCUT2D eigenvalue weighted by Gasteiger charge is 2.51. The summed E-state index contributed by atoms with van der Waals surface area (Å²) >= 11 is 0. The molecule has 2 heteroatoms. The summed E-state index contributed by atoms with van der Waals surface area (Å²) < 4.78 is 0. The SMILES string of the molecule is CC1CC(C)CC(O)(C2(O)CCCCCCC2)C1. The average molecular weight is 254 g/mol. The van der Waals surface area contributed by atoms with Gasteiger partial charge in [0.2, 0.25) is 0 Å². The van der Waals surface area contributed by atoms with Crippen LogP contribution in [0.15, 0.2) is 0 Å². The zero-order valence-electron chi connectivity index (χ0n) is 12.1. The highest BCUT2D eigenvalue weighted by atomic mass is 16.4. The summed E-state index contributed by atoms with van der Waals surface area (Å²) in [6.45, 7) is 4.43. The van der Waals surface area contributed by atoms with Crippen molar-refractivity contribution < 1.29 is 10.2 Å². The van der Waals surface area contributed by atoms with E-state index in [1.165, 1.54) is 25.7 Å². The molecule has 0 aromatic rings. The molecule has 2 unspecified atom stereocenters. The Kier molecular flexibility index (Phi) is 4.38. The number of hydrogen-bond donors (Lipinski definition) is 2. The van der Waals surface area contributed by atoms with Gasteiger partial charge in [-0.05, 0) is 43.9 Å². The summed E-state index contributed by atoms with van der Waals surface area (Å²) in [6.07, 6.45) is 10.2. The lowest BCUT2D eigenvalue weighted by Crippen LogP contribution is -2.57. The number of rotatable bonds is 1. The van der Waals surface area contributed by atoms with Crippen molar-refractivity contribution >= 4 is 0 Å². The van der Waals surface area contributed by atoms with Crippen molar-refractivity contribution in [1.82, 2.24) is 0 Å². The maximum atomic E-state index is 11.1. The minimum Gasteiger partial charge on any atom is -0.387 e. The summed E-state index contributed by atoms with van der Waals surface area (Å²) in [6, 6.07) is 0. The number of aliphatic hydroxyl groups is 2. The lowest BCUT2D eigenvalue weighted by molar-refractivity contribution is -0.191. The van der Waals surface area contributed by atoms with Crippen molar-refractivity contribution in [2.75, 3.05) is 0 Å². The van der Waals surface area contributed by atoms with Crippen molar-refractivity contribution in [3.8, 4) is 0 Å². The normalized spacial score (nSPS) is 42.0. The Balaban J connectivity index is 2.14. The molecule has 2 N–H and O–H groups in total. The molecule has 2 saturated carbocycles. The summed E-state index contributed by atoms with van der Waals surface area (Å²) in [5, 5.41) is 22.1. The van der Waals surface area contributed by atoms with Crippen molar-refractivity contribution in [2.24, 2.45) is 11.8 Å². The van der Waals surface area contributed by atoms with E-state index in [9.17, 15) is 10.2 Å². The van der Waals surface area contributed by atoms with Crippen LogP contribution in [0.25, 0.3) is 0 Å². The van der Waals surface area contributed by atoms with Gasteiger partial charge in [0, 0.05) is 0 Å². The van der Waals surface area contributed by atoms with Gasteiger partial charge >= 0.3 is 0 Å². The van der Waals surface area contributed by atoms with Gasteiger partial charge in [-0.1, -0.05) is 46.0 Å². The molecule has 0 aromatic heterocycles. The minimum absolute atomic E-state index is 0.535. The van der Waals surface area contributed by atoms with E-state index in [2.05, 4.69) is 13.8 Å². The van der Waals surface area contributed by atoms with Gasteiger partial charge in [0.1, 0.15) is 0 Å². The first kappa shape index (κ1) is 14.3. The molecule has 0 radical (unpaired) electrons. The minimum atomic E-state index is -0.832. The van der Waals surface area contributed by atoms with E-state index in [0.29, 0.717) is 11.8 Å². The van der Waals surface area contributed by atoms with Gasteiger partial charge in [-0.15, -0.1) is 0 Å². The van der Waals surface area contributed by atoms with E-state index >= 15 is 0 Å². The molecule has 18 heavy (non-hydrogen) atoms. The molecule has 2 atom stereocenters. The molecule has 2 fully saturated rings. The molecule has 106 valence electrons. The first-order valence-corrected chi connectivity index (χ1v) is 7.90. The Labute approximate surface area is 112 Å². The fourth-order valence-electron chi connectivity index (χ4n) is 4.43. The Morgan fingerprint density at radius 3 is 1.67 bits per heavy atom. The summed E-state index contributed by atoms with van der Waals surface area (Å²) in [7, 11) is 0. The van der Waals surface area contributed by atoms with Gasteiger partial charge in [0.05, 0.1) is 11.2 Å². The molecule has 0 spiro atoms. The van der Waals surface area contributed by atoms with Crippen molar-refractivity contribution in [2.45, 2.75) is 89.3 Å². The monoisotopic (exact) mass is 254 g/mol. The third-order valence-corrected chi connectivity index (χ3v) is 5.22. The largest absolute Gasteiger partial charge is 0.387 e. The van der Waals surface area contributed by atoms with Crippen LogP contribution in [0.4, 0.5) is 0 Å². The molecule has 0 amide bonds. The van der Waals surface area contributed by atoms with Crippen LogP contribution in [0, 0.1) is 11.8 Å². The molecule has 2 aliphatic carbocycles. The molecule has 0 aromatic carbocycles. The van der Waals surface area contributed by atoms with Crippen LogP contribution >= 0.6 is 0 Å². The highest BCUT2D eigenvalue weighted by molar-refractivity contribution is 5.03. The molecule has 0 heterocycles. The van der Waals surface area contributed by atoms with Gasteiger partial charge in [0.15, 0.2) is 0 Å². The van der Waals surface area contributed by atoms with Gasteiger partial charge in [-0.2, -0.15) is 0 Å². The Bertz CT molecular complexity index is 256. The smallest absolute Gasteiger partial charge is 0.0938 e. The van der Waals surface area contributed by atoms with Crippen LogP contribution in [-0.4, -0.2) is 21.4 Å². The molecule has 0 saturated heterocycles. The second kappa shape index (κ2) is 5.50. The van der Waals surface area contributed by atoms with Crippen LogP contribution in [0.1, 0.15) is 78.1 Å². The molecular weight excluding hydrogens is 224 g/mol. The van der Waals surface area contributed by atoms with E-state index in [1.54, 1.807) is 0 Å². The molecule has 2 nitrogen and oxygen atoms in total. The van der Waals surface area contributed by atoms with Crippen LogP contribution < -0.4 is 0 Å². The second-order valence-electron chi connectivity index (χ2n) is 7.19. The molecular formula is C16H30O2. The van der Waals surface area contributed by atoms with Crippen molar-refractivity contribution in [1.29, 1.82) is 0 Å². The van der Waals surface area contributed by atoms with Gasteiger partial charge < -0.3 is 10.2 Å². The first-order valence-electron chi connectivity index (χ1n) is 7.90. The summed E-state index contributed by atoms with van der Waals surface area (Å²) in [5.74, 6) is 1.07. The van der Waals surface area contributed by atoms with Crippen LogP contribution in [0.2, 0.25) is 0 Å². The van der Waals surface area contributed by atoms with Crippen molar-refractivity contribution in [3.63, 3.8) is 0 Å². The zero-order valence-corrected chi connectivity index (χ0v) is 12.1. The predicted octanol–water partition coefficient (Wildman–Crippen LogP) is 3.65. The molecule has 0 aliphatic heterocycles. The van der Waals surface area contributed by atoms with Crippen LogP contribution in [0.3, 0.4) is 0 Å². The fraction of sp³-hybridized carbons (Fsp3) is 1.00. The van der Waals surface area contributed by atoms with Gasteiger partial charge in [0.25, 0.3) is 0 Å². The van der Waals surface area contributed by atoms with Gasteiger partial charge in [-0.3, -0.25) is 0 Å². The standard InChI is InChI=1S/C16H30O2/c1-13-10-14(2)12-16(18,11-13)15(17)8-6-4-3-5-7-9-15/h13-14,17-18H,3-12H2,1-2H3. The highest BCUT2D eigenvalue weighted by Crippen LogP contribution is 2.46. The van der Waals surface area contributed by atoms with Crippen LogP contribution in [-0.2, 0) is 0 Å². The second-order valence-corrected chi connectivity index (χ2v) is 7.19. The van der Waals surface area contributed by atoms with Crippen molar-refractivity contribution in [3.05, 3.63) is 0 Å². The first-order chi connectivity index (χ1) is 8.45. The quantitative estimate of drug-likeness (QED) is 0.750. The predicted molar refractivity (Wildman–Crippen MR) is 74.4 cm³/mol. The van der Waals surface area contributed by atoms with E-state index in [0.717, 1.165) is 38.5 Å². The fourth-order valence-corrected chi connectivity index (χ4v) is 4.43. The van der Waals surface area contributed by atoms with E-state index in [4.69, 9.17) is 0 Å². The lowest BCUT2D eigenvalue weighted by atomic mass is 9.63. The Morgan fingerprint density at radius 1 is 0.722 bits per heavy atom. The van der Waals surface area contributed by atoms with E-state index in [1.807, 2.05) is 0 Å². The molecule has 0 bridgehead atoms. The van der Waals surface area contributed by atoms with E-state index in [-0.39, 0.29) is 0 Å². The lowest BCUT2D eigenvalue weighted by Gasteiger charge is -2.50. The average Bonchev–Trinajstić information content (AvgIpc) is 2.21. The summed E-state index contributed by atoms with van der Waals surface area (Å²) in [5.41, 5.74) is -1.65. The Hall–Kier alpha value is -0.0800. The molecule has 2 aliphatic rings. The Morgan fingerprint density at radius 2 is 1.17 bits per heavy atom. The third-order valence-electron chi connectivity index (χ3n) is 5.22. The number of hydrogen-bond acceptors (Lipinski definition) is 2. The summed E-state index contributed by atoms with van der Waals surface area (Å²) in [4.78, 5) is 0. The maximum absolute atomic E-state index is 11.1. The van der Waals surface area contributed by atoms with Gasteiger partial charge in [-0.25, -0.2) is 0 Å². The topological polar surface area (TPSA) is 40.5 Å². The zero-order chi connectivity index (χ0) is 13.2.